The van der Waals surface area contributed by atoms with Gasteiger partial charge in [0.2, 0.25) is 0 Å². The molecule has 0 aromatic carbocycles. The molecule has 0 bridgehead atoms. The van der Waals surface area contributed by atoms with Crippen LogP contribution in [0.3, 0.4) is 0 Å². The van der Waals surface area contributed by atoms with Gasteiger partial charge in [0.15, 0.2) is 0 Å². The summed E-state index contributed by atoms with van der Waals surface area (Å²) in [5.74, 6) is 0.893. The molecule has 0 aliphatic heterocycles. The third-order valence-electron chi connectivity index (χ3n) is 1.73. The Morgan fingerprint density at radius 1 is 1.42 bits per heavy atom. The SMILES string of the molecule is Cc1nc(CC(C)C)ccc1O. The highest BCUT2D eigenvalue weighted by Gasteiger charge is 2.01. The highest BCUT2D eigenvalue weighted by atomic mass is 16.3. The standard InChI is InChI=1S/C10H15NO/c1-7(2)6-9-4-5-10(12)8(3)11-9/h4-5,7,12H,6H2,1-3H3. The molecule has 0 aliphatic carbocycles. The molecule has 0 atom stereocenters. The van der Waals surface area contributed by atoms with Crippen LogP contribution in [-0.2, 0) is 6.42 Å². The molecule has 2 nitrogen and oxygen atoms in total. The molecule has 66 valence electrons. The normalized spacial score (nSPS) is 10.7. The quantitative estimate of drug-likeness (QED) is 0.729. The third kappa shape index (κ3) is 2.22. The van der Waals surface area contributed by atoms with Gasteiger partial charge in [-0.25, -0.2) is 0 Å². The molecule has 0 saturated carbocycles. The molecule has 1 rings (SSSR count). The van der Waals surface area contributed by atoms with Crippen LogP contribution in [0.2, 0.25) is 0 Å². The fourth-order valence-corrected chi connectivity index (χ4v) is 1.14. The molecule has 0 radical (unpaired) electrons. The zero-order valence-electron chi connectivity index (χ0n) is 7.83. The van der Waals surface area contributed by atoms with Crippen molar-refractivity contribution in [2.45, 2.75) is 27.2 Å². The van der Waals surface area contributed by atoms with Gasteiger partial charge >= 0.3 is 0 Å². The number of aromatic hydroxyl groups is 1. The van der Waals surface area contributed by atoms with E-state index < -0.39 is 0 Å². The molecule has 1 heterocycles. The van der Waals surface area contributed by atoms with Crippen molar-refractivity contribution in [1.29, 1.82) is 0 Å². The van der Waals surface area contributed by atoms with Gasteiger partial charge in [-0.15, -0.1) is 0 Å². The van der Waals surface area contributed by atoms with Gasteiger partial charge in [0.1, 0.15) is 5.75 Å². The first-order chi connectivity index (χ1) is 5.59. The monoisotopic (exact) mass is 165 g/mol. The highest BCUT2D eigenvalue weighted by molar-refractivity contribution is 5.26. The summed E-state index contributed by atoms with van der Waals surface area (Å²) in [5.41, 5.74) is 1.77. The molecular weight excluding hydrogens is 150 g/mol. The lowest BCUT2D eigenvalue weighted by atomic mass is 10.1. The molecule has 12 heavy (non-hydrogen) atoms. The maximum Gasteiger partial charge on any atom is 0.136 e. The van der Waals surface area contributed by atoms with Crippen LogP contribution in [0.5, 0.6) is 5.75 Å². The van der Waals surface area contributed by atoms with Gasteiger partial charge < -0.3 is 5.11 Å². The highest BCUT2D eigenvalue weighted by Crippen LogP contribution is 2.14. The number of pyridine rings is 1. The van der Waals surface area contributed by atoms with Gasteiger partial charge in [0, 0.05) is 5.69 Å². The summed E-state index contributed by atoms with van der Waals surface area (Å²) in [7, 11) is 0. The van der Waals surface area contributed by atoms with E-state index in [4.69, 9.17) is 0 Å². The lowest BCUT2D eigenvalue weighted by Gasteiger charge is -2.05. The zero-order chi connectivity index (χ0) is 9.14. The minimum atomic E-state index is 0.280. The topological polar surface area (TPSA) is 33.1 Å². The predicted octanol–water partition coefficient (Wildman–Crippen LogP) is 2.29. The van der Waals surface area contributed by atoms with E-state index in [1.54, 1.807) is 6.07 Å². The van der Waals surface area contributed by atoms with Crippen LogP contribution in [0.25, 0.3) is 0 Å². The van der Waals surface area contributed by atoms with E-state index in [2.05, 4.69) is 18.8 Å². The molecule has 0 aliphatic rings. The summed E-state index contributed by atoms with van der Waals surface area (Å²) in [5, 5.41) is 9.22. The second kappa shape index (κ2) is 3.57. The van der Waals surface area contributed by atoms with Crippen LogP contribution in [0.15, 0.2) is 12.1 Å². The fraction of sp³-hybridized carbons (Fsp3) is 0.500. The molecule has 1 N–H and O–H groups in total. The van der Waals surface area contributed by atoms with Crippen LogP contribution in [-0.4, -0.2) is 10.1 Å². The van der Waals surface area contributed by atoms with Gasteiger partial charge in [-0.1, -0.05) is 13.8 Å². The predicted molar refractivity (Wildman–Crippen MR) is 49.2 cm³/mol. The maximum absolute atomic E-state index is 9.22. The van der Waals surface area contributed by atoms with Gasteiger partial charge in [-0.05, 0) is 31.4 Å². The number of aromatic nitrogens is 1. The van der Waals surface area contributed by atoms with Crippen molar-refractivity contribution in [3.05, 3.63) is 23.5 Å². The van der Waals surface area contributed by atoms with Crippen molar-refractivity contribution in [2.24, 2.45) is 5.92 Å². The van der Waals surface area contributed by atoms with Crippen molar-refractivity contribution in [1.82, 2.24) is 4.98 Å². The van der Waals surface area contributed by atoms with E-state index in [1.807, 2.05) is 13.0 Å². The Balaban J connectivity index is 2.82. The van der Waals surface area contributed by atoms with E-state index in [9.17, 15) is 5.11 Å². The van der Waals surface area contributed by atoms with E-state index >= 15 is 0 Å². The summed E-state index contributed by atoms with van der Waals surface area (Å²) in [6, 6.07) is 3.59. The number of aryl methyl sites for hydroxylation is 1. The molecule has 0 amide bonds. The summed E-state index contributed by atoms with van der Waals surface area (Å²) >= 11 is 0. The Kier molecular flexibility index (Phi) is 2.69. The van der Waals surface area contributed by atoms with Crippen molar-refractivity contribution in [2.75, 3.05) is 0 Å². The average molecular weight is 165 g/mol. The summed E-state index contributed by atoms with van der Waals surface area (Å²) in [4.78, 5) is 4.26. The van der Waals surface area contributed by atoms with Gasteiger partial charge in [-0.2, -0.15) is 0 Å². The molecule has 1 aromatic heterocycles. The average Bonchev–Trinajstić information content (AvgIpc) is 1.96. The molecule has 0 unspecified atom stereocenters. The Morgan fingerprint density at radius 2 is 2.08 bits per heavy atom. The van der Waals surface area contributed by atoms with E-state index in [0.29, 0.717) is 11.6 Å². The molecule has 0 saturated heterocycles. The van der Waals surface area contributed by atoms with Crippen LogP contribution in [0, 0.1) is 12.8 Å². The third-order valence-corrected chi connectivity index (χ3v) is 1.73. The summed E-state index contributed by atoms with van der Waals surface area (Å²) < 4.78 is 0. The Hall–Kier alpha value is -1.05. The number of nitrogens with zero attached hydrogens (tertiary/aromatic N) is 1. The molecule has 0 fully saturated rings. The van der Waals surface area contributed by atoms with Gasteiger partial charge in [0.25, 0.3) is 0 Å². The van der Waals surface area contributed by atoms with Crippen molar-refractivity contribution < 1.29 is 5.11 Å². The second-order valence-corrected chi connectivity index (χ2v) is 3.51. The lowest BCUT2D eigenvalue weighted by molar-refractivity contribution is 0.466. The number of rotatable bonds is 2. The van der Waals surface area contributed by atoms with Crippen molar-refractivity contribution in [3.63, 3.8) is 0 Å². The maximum atomic E-state index is 9.22. The first kappa shape index (κ1) is 9.04. The minimum Gasteiger partial charge on any atom is -0.506 e. The van der Waals surface area contributed by atoms with Crippen molar-refractivity contribution in [3.8, 4) is 5.75 Å². The van der Waals surface area contributed by atoms with Gasteiger partial charge in [-0.3, -0.25) is 4.98 Å². The Morgan fingerprint density at radius 3 is 2.58 bits per heavy atom. The largest absolute Gasteiger partial charge is 0.506 e. The fourth-order valence-electron chi connectivity index (χ4n) is 1.14. The van der Waals surface area contributed by atoms with Crippen molar-refractivity contribution >= 4 is 0 Å². The number of hydrogen-bond acceptors (Lipinski definition) is 2. The molecule has 1 aromatic rings. The second-order valence-electron chi connectivity index (χ2n) is 3.51. The summed E-state index contributed by atoms with van der Waals surface area (Å²) in [6.45, 7) is 6.13. The summed E-state index contributed by atoms with van der Waals surface area (Å²) in [6.07, 6.45) is 0.973. The molecule has 2 heteroatoms. The van der Waals surface area contributed by atoms with Crippen LogP contribution >= 0.6 is 0 Å². The number of hydrogen-bond donors (Lipinski definition) is 1. The van der Waals surface area contributed by atoms with E-state index in [-0.39, 0.29) is 5.75 Å². The smallest absolute Gasteiger partial charge is 0.136 e. The molecular formula is C10H15NO. The Bertz CT molecular complexity index is 269. The van der Waals surface area contributed by atoms with Gasteiger partial charge in [0.05, 0.1) is 5.69 Å². The van der Waals surface area contributed by atoms with E-state index in [1.165, 1.54) is 0 Å². The first-order valence-electron chi connectivity index (χ1n) is 4.25. The van der Waals surface area contributed by atoms with Crippen LogP contribution < -0.4 is 0 Å². The van der Waals surface area contributed by atoms with E-state index in [0.717, 1.165) is 12.1 Å². The molecule has 0 spiro atoms. The van der Waals surface area contributed by atoms with Crippen LogP contribution in [0.1, 0.15) is 25.2 Å². The Labute approximate surface area is 73.3 Å². The van der Waals surface area contributed by atoms with Crippen LogP contribution in [0.4, 0.5) is 0 Å². The first-order valence-corrected chi connectivity index (χ1v) is 4.25. The lowest BCUT2D eigenvalue weighted by Crippen LogP contribution is -1.98. The zero-order valence-corrected chi connectivity index (χ0v) is 7.83. The minimum absolute atomic E-state index is 0.280.